The van der Waals surface area contributed by atoms with E-state index in [9.17, 15) is 126 Å². The zero-order chi connectivity index (χ0) is 85.6. The molecule has 6 aliphatic heterocycles. The van der Waals surface area contributed by atoms with Crippen molar-refractivity contribution < 1.29 is 202 Å². The van der Waals surface area contributed by atoms with Gasteiger partial charge >= 0.3 is 11.9 Å². The summed E-state index contributed by atoms with van der Waals surface area (Å²) >= 11 is 0. The summed E-state index contributed by atoms with van der Waals surface area (Å²) in [5, 5.41) is 240. The van der Waals surface area contributed by atoms with Gasteiger partial charge in [-0.05, 0) is 19.3 Å². The zero-order valence-electron chi connectivity index (χ0n) is 63.8. The first-order valence-electron chi connectivity index (χ1n) is 37.7. The van der Waals surface area contributed by atoms with E-state index >= 15 is 0 Å². The van der Waals surface area contributed by atoms with E-state index in [1.54, 1.807) is 30.6 Å². The lowest BCUT2D eigenvalue weighted by molar-refractivity contribution is -0.384. The van der Waals surface area contributed by atoms with Crippen LogP contribution in [0, 0.1) is 11.8 Å². The third kappa shape index (κ3) is 28.7. The Balaban J connectivity index is 0.000000324. The van der Waals surface area contributed by atoms with E-state index in [-0.39, 0.29) is 71.7 Å². The minimum atomic E-state index is -1.88. The van der Waals surface area contributed by atoms with Crippen LogP contribution >= 0.6 is 0 Å². The third-order valence-electron chi connectivity index (χ3n) is 19.3. The van der Waals surface area contributed by atoms with Gasteiger partial charge in [-0.1, -0.05) is 48.6 Å². The second-order valence-electron chi connectivity index (χ2n) is 27.9. The minimum Gasteiger partial charge on any atom is -0.459 e. The van der Waals surface area contributed by atoms with Gasteiger partial charge in [0.15, 0.2) is 37.7 Å². The molecule has 2 aromatic rings. The highest BCUT2D eigenvalue weighted by Crippen LogP contribution is 2.35. The van der Waals surface area contributed by atoms with Crippen LogP contribution in [-0.4, -0.2) is 432 Å². The van der Waals surface area contributed by atoms with Crippen molar-refractivity contribution in [2.24, 2.45) is 11.8 Å². The SMILES string of the molecule is CC/C=C/CC(=O)OCc1cn(CCNCC(O)C(O)C(CO)O[C@@H]2OC[C@@H](O[C@@H]3OC[C@@H](O)C(O)C3O[C@H]3OC(OC=O)[C@@H](CO)[C@H](O)C3O)[C@H](O)C2O)nn1.CCC(O)C/C=C/CC(=O)OCc1cn(CCNCC(O)C(O)C(CO)O[C@@H]2OC[C@@H](O[C@@H]3OC[C@@H](O)C(O)C3O[C@H]3OC(OC=O)[C@@H](CO)[C@H](O)C3O)[C@H](O)C2O)nn1. The monoisotopic (exact) mass is 1700 g/mol. The Morgan fingerprint density at radius 2 is 0.889 bits per heavy atom. The molecule has 117 heavy (non-hydrogen) atoms. The molecule has 8 heterocycles. The van der Waals surface area contributed by atoms with Crippen LogP contribution in [0.1, 0.15) is 57.3 Å². The number of ether oxygens (including phenoxy) is 16. The number of carbonyl (C=O) groups is 4. The molecule has 0 saturated carbocycles. The van der Waals surface area contributed by atoms with E-state index in [0.29, 0.717) is 30.8 Å². The second kappa shape index (κ2) is 50.0. The summed E-state index contributed by atoms with van der Waals surface area (Å²) in [6.45, 7) is -0.860. The van der Waals surface area contributed by atoms with Gasteiger partial charge < -0.3 is 194 Å². The van der Waals surface area contributed by atoms with E-state index < -0.39 is 267 Å². The van der Waals surface area contributed by atoms with E-state index in [4.69, 9.17) is 75.8 Å². The molecular formula is C68H112N8O41. The number of hydrogen-bond donors (Lipinski definition) is 23. The van der Waals surface area contributed by atoms with Gasteiger partial charge in [0.1, 0.15) is 134 Å². The van der Waals surface area contributed by atoms with Crippen LogP contribution in [0.5, 0.6) is 0 Å². The van der Waals surface area contributed by atoms with E-state index in [0.717, 1.165) is 6.42 Å². The van der Waals surface area contributed by atoms with Crippen LogP contribution in [0.25, 0.3) is 0 Å². The molecule has 6 saturated heterocycles. The lowest BCUT2D eigenvalue weighted by Gasteiger charge is -2.46. The largest absolute Gasteiger partial charge is 0.459 e. The molecule has 6 aliphatic rings. The number of allylic oxidation sites excluding steroid dienone is 1. The fraction of sp³-hybridized carbons (Fsp3) is 0.824. The van der Waals surface area contributed by atoms with Gasteiger partial charge in [0.25, 0.3) is 12.9 Å². The average molecular weight is 1700 g/mol. The highest BCUT2D eigenvalue weighted by Gasteiger charge is 2.55. The smallest absolute Gasteiger partial charge is 0.310 e. The molecule has 23 N–H and O–H groups in total. The Kier molecular flexibility index (Phi) is 42.0. The van der Waals surface area contributed by atoms with Crippen molar-refractivity contribution in [2.45, 2.75) is 263 Å². The summed E-state index contributed by atoms with van der Waals surface area (Å²) in [5.41, 5.74) is 0.830. The molecule has 0 amide bonds. The van der Waals surface area contributed by atoms with Gasteiger partial charge in [0.05, 0.1) is 134 Å². The van der Waals surface area contributed by atoms with Gasteiger partial charge in [0.2, 0.25) is 12.6 Å². The maximum absolute atomic E-state index is 11.9. The van der Waals surface area contributed by atoms with Crippen molar-refractivity contribution in [1.29, 1.82) is 0 Å². The number of esters is 2. The van der Waals surface area contributed by atoms with Gasteiger partial charge in [-0.25, -0.2) is 0 Å². The molecule has 17 unspecified atom stereocenters. The van der Waals surface area contributed by atoms with Crippen LogP contribution in [0.2, 0.25) is 0 Å². The van der Waals surface area contributed by atoms with Gasteiger partial charge in [-0.2, -0.15) is 0 Å². The molecule has 0 aliphatic carbocycles. The molecule has 49 heteroatoms. The minimum absolute atomic E-state index is 0.0169. The summed E-state index contributed by atoms with van der Waals surface area (Å²) in [4.78, 5) is 45.6. The quantitative estimate of drug-likeness (QED) is 0.00962. The highest BCUT2D eigenvalue weighted by molar-refractivity contribution is 5.71. The molecule has 49 nitrogen and oxygen atoms in total. The summed E-state index contributed by atoms with van der Waals surface area (Å²) in [5.74, 6) is -3.40. The maximum atomic E-state index is 11.9. The standard InChI is InChI=1S/C35H58N4O21.C33H54N4O20/c1-2-18(43)5-3-4-6-24(46)53-13-17-10-39(38-37-17)8-7-36-9-20(44)26(48)22(12-41)57-33-30(52)28(50)23(15-55-33)58-35-31(27(49)21(45)14-54-35)59-34-29(51)25(47)19(11-40)32(60-34)56-16-42;1-2-3-4-5-22(43)50-12-16-9-37(36-35-16)7-6-34-8-18(41)24(45)20(11-39)54-31-28(49)26(47)21(14-52-31)55-33-29(25(46)19(42)13-51-33)56-32-27(48)23(44)17(10-38)30(57-32)53-15-40/h3-4,10,16,18-23,25-36,40-41,43-45,47-52H,2,5-9,11-15H2,1H3;3-4,9,15,17-21,23-34,38-39,41-42,44-49H,2,5-8,10-14H2,1H3/b2*4-3+/t18?,19-,20?,21+,22?,23+,25-,26?,27?,28-,29?,30?,31?,32?,33-,34-,35-;17-,18?,19+,20?,21+,23-,24?,25?,26-,27?,28?,29?,30?,31-,32-,33-/m00/s1. The second-order valence-corrected chi connectivity index (χ2v) is 27.9. The Labute approximate surface area is 667 Å². The van der Waals surface area contributed by atoms with Gasteiger partial charge in [-0.15, -0.1) is 10.2 Å². The molecule has 0 bridgehead atoms. The number of rotatable bonds is 46. The molecule has 0 radical (unpaired) electrons. The molecule has 2 aromatic heterocycles. The molecule has 6 fully saturated rings. The Bertz CT molecular complexity index is 3230. The number of carbonyl (C=O) groups excluding carboxylic acids is 4. The summed E-state index contributed by atoms with van der Waals surface area (Å²) in [6, 6.07) is 0. The Morgan fingerprint density at radius 3 is 1.26 bits per heavy atom. The number of nitrogens with zero attached hydrogens (tertiary/aromatic N) is 6. The number of aliphatic hydroxyl groups excluding tert-OH is 21. The summed E-state index contributed by atoms with van der Waals surface area (Å²) < 4.78 is 89.2. The van der Waals surface area contributed by atoms with Crippen LogP contribution in [-0.2, 0) is 121 Å². The van der Waals surface area contributed by atoms with Crippen molar-refractivity contribution in [3.8, 4) is 0 Å². The predicted octanol–water partition coefficient (Wildman–Crippen LogP) is -13.3. The van der Waals surface area contributed by atoms with Crippen LogP contribution in [0.4, 0.5) is 0 Å². The van der Waals surface area contributed by atoms with E-state index in [2.05, 4.69) is 31.3 Å². The van der Waals surface area contributed by atoms with Crippen molar-refractivity contribution in [3.05, 3.63) is 48.1 Å². The first-order valence-corrected chi connectivity index (χ1v) is 37.7. The molecule has 33 atom stereocenters. The summed E-state index contributed by atoms with van der Waals surface area (Å²) in [6.07, 6.45) is -38.5. The number of nitrogens with one attached hydrogen (secondary N) is 2. The fourth-order valence-corrected chi connectivity index (χ4v) is 12.3. The lowest BCUT2D eigenvalue weighted by atomic mass is 9.94. The van der Waals surface area contributed by atoms with Crippen molar-refractivity contribution >= 4 is 24.9 Å². The lowest BCUT2D eigenvalue weighted by Crippen LogP contribution is -2.63. The Morgan fingerprint density at radius 1 is 0.496 bits per heavy atom. The topological polar surface area (TPSA) is 726 Å². The number of aromatic nitrogens is 6. The van der Waals surface area contributed by atoms with Crippen molar-refractivity contribution in [3.63, 3.8) is 0 Å². The van der Waals surface area contributed by atoms with E-state index in [1.165, 1.54) is 9.36 Å². The molecule has 670 valence electrons. The number of hydrogen-bond acceptors (Lipinski definition) is 47. The Hall–Kier alpha value is -5.76. The normalized spacial score (nSPS) is 34.8. The first kappa shape index (κ1) is 98.4. The molecule has 0 spiro atoms. The maximum Gasteiger partial charge on any atom is 0.310 e. The number of aliphatic hydroxyl groups is 21. The average Bonchev–Trinajstić information content (AvgIpc) is 1.17. The van der Waals surface area contributed by atoms with Gasteiger partial charge in [-0.3, -0.25) is 28.5 Å². The zero-order valence-corrected chi connectivity index (χ0v) is 63.8. The van der Waals surface area contributed by atoms with Crippen molar-refractivity contribution in [1.82, 2.24) is 40.6 Å². The van der Waals surface area contributed by atoms with Crippen molar-refractivity contribution in [2.75, 3.05) is 79.0 Å². The molecular weight excluding hydrogens is 1580 g/mol. The third-order valence-corrected chi connectivity index (χ3v) is 19.3. The van der Waals surface area contributed by atoms with E-state index in [1.807, 2.05) is 19.9 Å². The van der Waals surface area contributed by atoms with Crippen LogP contribution < -0.4 is 10.6 Å². The summed E-state index contributed by atoms with van der Waals surface area (Å²) in [7, 11) is 0. The van der Waals surface area contributed by atoms with Gasteiger partial charge in [0, 0.05) is 26.2 Å². The molecule has 8 rings (SSSR count). The molecule has 0 aromatic carbocycles. The highest BCUT2D eigenvalue weighted by atomic mass is 16.8. The predicted molar refractivity (Wildman–Crippen MR) is 375 cm³/mol. The van der Waals surface area contributed by atoms with Crippen LogP contribution in [0.15, 0.2) is 36.7 Å². The first-order chi connectivity index (χ1) is 56.0. The van der Waals surface area contributed by atoms with Crippen LogP contribution in [0.3, 0.4) is 0 Å². The fourth-order valence-electron chi connectivity index (χ4n) is 12.3.